The number of nitrogens with one attached hydrogen (secondary N) is 1. The van der Waals surface area contributed by atoms with E-state index in [1.807, 2.05) is 6.92 Å². The second-order valence-corrected chi connectivity index (χ2v) is 6.75. The van der Waals surface area contributed by atoms with E-state index in [1.165, 1.54) is 0 Å². The van der Waals surface area contributed by atoms with Gasteiger partial charge in [0.25, 0.3) is 10.1 Å². The molecule has 0 radical (unpaired) electrons. The lowest BCUT2D eigenvalue weighted by Gasteiger charge is -2.20. The highest BCUT2D eigenvalue weighted by atomic mass is 32.2. The number of rotatable bonds is 9. The van der Waals surface area contributed by atoms with E-state index in [9.17, 15) is 18.0 Å². The normalized spacial score (nSPS) is 14.0. The van der Waals surface area contributed by atoms with Crippen molar-refractivity contribution in [1.82, 2.24) is 5.32 Å². The molecular weight excluding hydrogens is 322 g/mol. The molecule has 2 unspecified atom stereocenters. The Kier molecular flexibility index (Phi) is 7.18. The Morgan fingerprint density at radius 1 is 1.22 bits per heavy atom. The highest BCUT2D eigenvalue weighted by Crippen LogP contribution is 2.22. The highest BCUT2D eigenvalue weighted by molar-refractivity contribution is 7.85. The number of amides is 1. The summed E-state index contributed by atoms with van der Waals surface area (Å²) in [5, 5.41) is 11.2. The molecule has 23 heavy (non-hydrogen) atoms. The van der Waals surface area contributed by atoms with E-state index in [-0.39, 0.29) is 0 Å². The number of carbonyl (C=O) groups is 2. The van der Waals surface area contributed by atoms with E-state index < -0.39 is 39.7 Å². The molecule has 1 aromatic rings. The summed E-state index contributed by atoms with van der Waals surface area (Å²) in [4.78, 5) is 23.5. The van der Waals surface area contributed by atoms with Gasteiger partial charge in [-0.25, -0.2) is 4.79 Å². The summed E-state index contributed by atoms with van der Waals surface area (Å²) >= 11 is 0. The van der Waals surface area contributed by atoms with Crippen molar-refractivity contribution < 1.29 is 27.7 Å². The predicted molar refractivity (Wildman–Crippen MR) is 84.7 cm³/mol. The fourth-order valence-corrected chi connectivity index (χ4v) is 2.85. The first kappa shape index (κ1) is 19.1. The van der Waals surface area contributed by atoms with Crippen LogP contribution in [0.1, 0.15) is 37.7 Å². The Bertz CT molecular complexity index is 629. The van der Waals surface area contributed by atoms with E-state index in [2.05, 4.69) is 5.32 Å². The molecule has 0 spiro atoms. The maximum absolute atomic E-state index is 12.4. The van der Waals surface area contributed by atoms with E-state index in [4.69, 9.17) is 9.66 Å². The Hall–Kier alpha value is -1.93. The molecule has 1 amide bonds. The minimum atomic E-state index is -4.52. The van der Waals surface area contributed by atoms with Crippen LogP contribution in [0.15, 0.2) is 30.3 Å². The van der Waals surface area contributed by atoms with Gasteiger partial charge in [0.1, 0.15) is 11.8 Å². The summed E-state index contributed by atoms with van der Waals surface area (Å²) < 4.78 is 30.6. The van der Waals surface area contributed by atoms with Gasteiger partial charge in [-0.3, -0.25) is 9.35 Å². The SMILES string of the molecule is CCCCC(C(=O)NC(CS(=O)(=O)O)C(=O)O)c1ccccc1. The number of unbranched alkanes of at least 4 members (excludes halogenated alkanes) is 1. The number of aliphatic carboxylic acids is 1. The fourth-order valence-electron chi connectivity index (χ4n) is 2.20. The Morgan fingerprint density at radius 2 is 1.83 bits per heavy atom. The molecule has 0 saturated carbocycles. The third-order valence-electron chi connectivity index (χ3n) is 3.36. The van der Waals surface area contributed by atoms with Crippen LogP contribution >= 0.6 is 0 Å². The zero-order valence-electron chi connectivity index (χ0n) is 12.8. The molecule has 1 aromatic carbocycles. The minimum Gasteiger partial charge on any atom is -0.480 e. The van der Waals surface area contributed by atoms with Crippen LogP contribution in [0.25, 0.3) is 0 Å². The lowest BCUT2D eigenvalue weighted by Crippen LogP contribution is -2.47. The van der Waals surface area contributed by atoms with Gasteiger partial charge >= 0.3 is 5.97 Å². The lowest BCUT2D eigenvalue weighted by molar-refractivity contribution is -0.141. The smallest absolute Gasteiger partial charge is 0.327 e. The largest absolute Gasteiger partial charge is 0.480 e. The molecule has 2 atom stereocenters. The van der Waals surface area contributed by atoms with E-state index in [0.717, 1.165) is 18.4 Å². The van der Waals surface area contributed by atoms with E-state index in [1.54, 1.807) is 30.3 Å². The van der Waals surface area contributed by atoms with Crippen LogP contribution in [0, 0.1) is 0 Å². The number of carbonyl (C=O) groups excluding carboxylic acids is 1. The second-order valence-electron chi connectivity index (χ2n) is 5.25. The van der Waals surface area contributed by atoms with E-state index in [0.29, 0.717) is 6.42 Å². The molecule has 0 aliphatic heterocycles. The van der Waals surface area contributed by atoms with Crippen molar-refractivity contribution in [3.8, 4) is 0 Å². The zero-order valence-corrected chi connectivity index (χ0v) is 13.6. The Labute approximate surface area is 135 Å². The highest BCUT2D eigenvalue weighted by Gasteiger charge is 2.29. The zero-order chi connectivity index (χ0) is 17.5. The Morgan fingerprint density at radius 3 is 2.30 bits per heavy atom. The summed E-state index contributed by atoms with van der Waals surface area (Å²) in [6.07, 6.45) is 2.15. The van der Waals surface area contributed by atoms with Crippen molar-refractivity contribution in [1.29, 1.82) is 0 Å². The topological polar surface area (TPSA) is 121 Å². The lowest BCUT2D eigenvalue weighted by atomic mass is 9.92. The van der Waals surface area contributed by atoms with Crippen molar-refractivity contribution in [2.75, 3.05) is 5.75 Å². The van der Waals surface area contributed by atoms with Gasteiger partial charge in [0, 0.05) is 0 Å². The van der Waals surface area contributed by atoms with Gasteiger partial charge in [-0.15, -0.1) is 0 Å². The van der Waals surface area contributed by atoms with Crippen molar-refractivity contribution in [3.05, 3.63) is 35.9 Å². The van der Waals surface area contributed by atoms with Crippen LogP contribution in [0.4, 0.5) is 0 Å². The van der Waals surface area contributed by atoms with Gasteiger partial charge in [-0.2, -0.15) is 8.42 Å². The molecule has 0 aromatic heterocycles. The molecule has 1 rings (SSSR count). The molecule has 7 nitrogen and oxygen atoms in total. The summed E-state index contributed by atoms with van der Waals surface area (Å²) in [6.45, 7) is 1.97. The Balaban J connectivity index is 2.93. The fraction of sp³-hybridized carbons (Fsp3) is 0.467. The van der Waals surface area contributed by atoms with Crippen LogP contribution in [-0.4, -0.2) is 41.7 Å². The van der Waals surface area contributed by atoms with Crippen LogP contribution in [0.5, 0.6) is 0 Å². The van der Waals surface area contributed by atoms with Crippen molar-refractivity contribution >= 4 is 22.0 Å². The molecule has 8 heteroatoms. The third-order valence-corrected chi connectivity index (χ3v) is 4.11. The van der Waals surface area contributed by atoms with Gasteiger partial charge in [0.2, 0.25) is 5.91 Å². The molecule has 0 aliphatic rings. The molecule has 0 saturated heterocycles. The van der Waals surface area contributed by atoms with Gasteiger partial charge in [0.15, 0.2) is 0 Å². The first-order chi connectivity index (χ1) is 10.7. The minimum absolute atomic E-state index is 0.518. The first-order valence-corrected chi connectivity index (χ1v) is 8.88. The first-order valence-electron chi connectivity index (χ1n) is 7.28. The van der Waals surface area contributed by atoms with Crippen LogP contribution < -0.4 is 5.32 Å². The monoisotopic (exact) mass is 343 g/mol. The average molecular weight is 343 g/mol. The molecular formula is C15H21NO6S. The van der Waals surface area contributed by atoms with Crippen LogP contribution in [0.3, 0.4) is 0 Å². The number of hydrogen-bond donors (Lipinski definition) is 3. The van der Waals surface area contributed by atoms with Gasteiger partial charge < -0.3 is 10.4 Å². The summed E-state index contributed by atoms with van der Waals surface area (Å²) in [5.74, 6) is -3.72. The van der Waals surface area contributed by atoms with Gasteiger partial charge in [-0.1, -0.05) is 50.1 Å². The van der Waals surface area contributed by atoms with Crippen molar-refractivity contribution in [3.63, 3.8) is 0 Å². The van der Waals surface area contributed by atoms with Crippen molar-refractivity contribution in [2.45, 2.75) is 38.1 Å². The van der Waals surface area contributed by atoms with E-state index >= 15 is 0 Å². The molecule has 3 N–H and O–H groups in total. The number of carboxylic acid groups (broad SMARTS) is 1. The van der Waals surface area contributed by atoms with Gasteiger partial charge in [-0.05, 0) is 12.0 Å². The average Bonchev–Trinajstić information content (AvgIpc) is 2.46. The molecule has 0 heterocycles. The standard InChI is InChI=1S/C15H21NO6S/c1-2-3-9-12(11-7-5-4-6-8-11)14(17)16-13(15(18)19)10-23(20,21)22/h4-8,12-13H,2-3,9-10H2,1H3,(H,16,17)(H,18,19)(H,20,21,22). The summed E-state index contributed by atoms with van der Waals surface area (Å²) in [5.41, 5.74) is 0.731. The maximum atomic E-state index is 12.4. The van der Waals surface area contributed by atoms with Crippen LogP contribution in [-0.2, 0) is 19.7 Å². The second kappa shape index (κ2) is 8.64. The number of hydrogen-bond acceptors (Lipinski definition) is 4. The quantitative estimate of drug-likeness (QED) is 0.583. The predicted octanol–water partition coefficient (Wildman–Crippen LogP) is 1.42. The summed E-state index contributed by atoms with van der Waals surface area (Å²) in [7, 11) is -4.52. The maximum Gasteiger partial charge on any atom is 0.327 e. The molecule has 0 bridgehead atoms. The summed E-state index contributed by atoms with van der Waals surface area (Å²) in [6, 6.07) is 7.18. The molecule has 0 fully saturated rings. The number of benzene rings is 1. The van der Waals surface area contributed by atoms with Gasteiger partial charge in [0.05, 0.1) is 5.92 Å². The molecule has 0 aliphatic carbocycles. The molecule has 128 valence electrons. The van der Waals surface area contributed by atoms with Crippen LogP contribution in [0.2, 0.25) is 0 Å². The van der Waals surface area contributed by atoms with Crippen molar-refractivity contribution in [2.24, 2.45) is 0 Å². The number of carboxylic acids is 1. The third kappa shape index (κ3) is 6.79.